The average Bonchev–Trinajstić information content (AvgIpc) is 2.78. The number of nitrogens with zero attached hydrogens (tertiary/aromatic N) is 1. The lowest BCUT2D eigenvalue weighted by atomic mass is 10.2. The Balaban J connectivity index is 2.05. The minimum absolute atomic E-state index is 0.411. The molecule has 21 heavy (non-hydrogen) atoms. The van der Waals surface area contributed by atoms with Crippen LogP contribution in [0.25, 0.3) is 0 Å². The van der Waals surface area contributed by atoms with Gasteiger partial charge in [0, 0.05) is 25.4 Å². The van der Waals surface area contributed by atoms with Crippen LogP contribution >= 0.6 is 11.8 Å². The SMILES string of the molecule is CCCNCc1ccc(S(=O)(=O)N2CCCSCC2)cc1. The summed E-state index contributed by atoms with van der Waals surface area (Å²) in [6, 6.07) is 7.27. The van der Waals surface area contributed by atoms with Crippen molar-refractivity contribution in [2.75, 3.05) is 31.1 Å². The van der Waals surface area contributed by atoms with E-state index < -0.39 is 10.0 Å². The fourth-order valence-corrected chi connectivity index (χ4v) is 4.78. The van der Waals surface area contributed by atoms with Gasteiger partial charge in [-0.2, -0.15) is 16.1 Å². The number of rotatable bonds is 6. The van der Waals surface area contributed by atoms with Crippen LogP contribution < -0.4 is 5.32 Å². The van der Waals surface area contributed by atoms with E-state index in [0.717, 1.165) is 43.0 Å². The zero-order valence-corrected chi connectivity index (χ0v) is 14.2. The first kappa shape index (κ1) is 16.8. The van der Waals surface area contributed by atoms with Gasteiger partial charge >= 0.3 is 0 Å². The molecule has 4 nitrogen and oxygen atoms in total. The molecule has 1 N–H and O–H groups in total. The fourth-order valence-electron chi connectivity index (χ4n) is 2.30. The topological polar surface area (TPSA) is 49.4 Å². The van der Waals surface area contributed by atoms with Gasteiger partial charge in [-0.1, -0.05) is 19.1 Å². The van der Waals surface area contributed by atoms with E-state index in [1.807, 2.05) is 23.9 Å². The molecule has 2 rings (SSSR count). The molecule has 118 valence electrons. The van der Waals surface area contributed by atoms with E-state index in [-0.39, 0.29) is 0 Å². The lowest BCUT2D eigenvalue weighted by Gasteiger charge is -2.19. The van der Waals surface area contributed by atoms with Crippen LogP contribution in [0.5, 0.6) is 0 Å². The zero-order valence-electron chi connectivity index (χ0n) is 12.5. The van der Waals surface area contributed by atoms with Crippen molar-refractivity contribution in [3.63, 3.8) is 0 Å². The standard InChI is InChI=1S/C15H24N2O2S2/c1-2-8-16-13-14-4-6-15(7-5-14)21(18,19)17-9-3-11-20-12-10-17/h4-7,16H,2-3,8-13H2,1H3. The van der Waals surface area contributed by atoms with Crippen molar-refractivity contribution in [2.24, 2.45) is 0 Å². The van der Waals surface area contributed by atoms with E-state index in [1.165, 1.54) is 0 Å². The molecule has 0 bridgehead atoms. The summed E-state index contributed by atoms with van der Waals surface area (Å²) in [5, 5.41) is 3.32. The average molecular weight is 329 g/mol. The summed E-state index contributed by atoms with van der Waals surface area (Å²) in [6.45, 7) is 5.14. The largest absolute Gasteiger partial charge is 0.313 e. The van der Waals surface area contributed by atoms with E-state index in [4.69, 9.17) is 0 Å². The molecule has 6 heteroatoms. The second kappa shape index (κ2) is 8.17. The van der Waals surface area contributed by atoms with Crippen LogP contribution in [0.15, 0.2) is 29.2 Å². The van der Waals surface area contributed by atoms with Gasteiger partial charge in [0.15, 0.2) is 0 Å². The first-order valence-electron chi connectivity index (χ1n) is 7.52. The normalized spacial score (nSPS) is 17.6. The van der Waals surface area contributed by atoms with Crippen molar-refractivity contribution < 1.29 is 8.42 Å². The first-order chi connectivity index (χ1) is 10.1. The zero-order chi connectivity index (χ0) is 15.1. The molecule has 0 aromatic heterocycles. The summed E-state index contributed by atoms with van der Waals surface area (Å²) >= 11 is 1.83. The molecule has 0 aliphatic carbocycles. The quantitative estimate of drug-likeness (QED) is 0.814. The smallest absolute Gasteiger partial charge is 0.243 e. The second-order valence-corrected chi connectivity index (χ2v) is 8.35. The molecular formula is C15H24N2O2S2. The molecule has 1 fully saturated rings. The van der Waals surface area contributed by atoms with Crippen molar-refractivity contribution in [3.05, 3.63) is 29.8 Å². The molecule has 0 spiro atoms. The van der Waals surface area contributed by atoms with Gasteiger partial charge in [-0.15, -0.1) is 0 Å². The van der Waals surface area contributed by atoms with Crippen LogP contribution in [0.2, 0.25) is 0 Å². The monoisotopic (exact) mass is 328 g/mol. The molecule has 1 heterocycles. The minimum atomic E-state index is -3.33. The maximum Gasteiger partial charge on any atom is 0.243 e. The fraction of sp³-hybridized carbons (Fsp3) is 0.600. The van der Waals surface area contributed by atoms with E-state index in [0.29, 0.717) is 18.0 Å². The number of hydrogen-bond donors (Lipinski definition) is 1. The predicted octanol–water partition coefficient (Wildman–Crippen LogP) is 2.31. The maximum absolute atomic E-state index is 12.6. The minimum Gasteiger partial charge on any atom is -0.313 e. The third-order valence-electron chi connectivity index (χ3n) is 3.50. The summed E-state index contributed by atoms with van der Waals surface area (Å²) in [5.74, 6) is 1.94. The Hall–Kier alpha value is -0.560. The Morgan fingerprint density at radius 2 is 1.95 bits per heavy atom. The molecule has 0 saturated carbocycles. The lowest BCUT2D eigenvalue weighted by Crippen LogP contribution is -2.33. The van der Waals surface area contributed by atoms with Crippen LogP contribution in [0.1, 0.15) is 25.3 Å². The van der Waals surface area contributed by atoms with Crippen molar-refractivity contribution in [2.45, 2.75) is 31.2 Å². The molecule has 1 aromatic rings. The molecule has 0 atom stereocenters. The number of benzene rings is 1. The third kappa shape index (κ3) is 4.71. The van der Waals surface area contributed by atoms with Gasteiger partial charge in [-0.3, -0.25) is 0 Å². The molecule has 0 amide bonds. The van der Waals surface area contributed by atoms with Gasteiger partial charge in [0.2, 0.25) is 10.0 Å². The predicted molar refractivity (Wildman–Crippen MR) is 89.1 cm³/mol. The summed E-state index contributed by atoms with van der Waals surface area (Å²) in [7, 11) is -3.33. The summed E-state index contributed by atoms with van der Waals surface area (Å²) in [4.78, 5) is 0.411. The Morgan fingerprint density at radius 1 is 1.19 bits per heavy atom. The Morgan fingerprint density at radius 3 is 2.67 bits per heavy atom. The number of thioether (sulfide) groups is 1. The summed E-state index contributed by atoms with van der Waals surface area (Å²) in [5.41, 5.74) is 1.12. The highest BCUT2D eigenvalue weighted by molar-refractivity contribution is 7.99. The number of sulfonamides is 1. The van der Waals surface area contributed by atoms with Crippen LogP contribution in [0, 0.1) is 0 Å². The van der Waals surface area contributed by atoms with Crippen molar-refractivity contribution in [1.82, 2.24) is 9.62 Å². The van der Waals surface area contributed by atoms with Crippen molar-refractivity contribution in [3.8, 4) is 0 Å². The molecule has 1 saturated heterocycles. The van der Waals surface area contributed by atoms with Gasteiger partial charge in [0.25, 0.3) is 0 Å². The highest BCUT2D eigenvalue weighted by atomic mass is 32.2. The van der Waals surface area contributed by atoms with E-state index >= 15 is 0 Å². The van der Waals surface area contributed by atoms with Gasteiger partial charge in [0.05, 0.1) is 4.90 Å². The third-order valence-corrected chi connectivity index (χ3v) is 6.46. The molecule has 1 aliphatic heterocycles. The van der Waals surface area contributed by atoms with Crippen LogP contribution in [-0.2, 0) is 16.6 Å². The van der Waals surface area contributed by atoms with Crippen molar-refractivity contribution >= 4 is 21.8 Å². The van der Waals surface area contributed by atoms with Crippen LogP contribution in [0.3, 0.4) is 0 Å². The van der Waals surface area contributed by atoms with Crippen LogP contribution in [0.4, 0.5) is 0 Å². The van der Waals surface area contributed by atoms with E-state index in [2.05, 4.69) is 12.2 Å². The van der Waals surface area contributed by atoms with E-state index in [9.17, 15) is 8.42 Å². The lowest BCUT2D eigenvalue weighted by molar-refractivity contribution is 0.435. The van der Waals surface area contributed by atoms with Crippen molar-refractivity contribution in [1.29, 1.82) is 0 Å². The van der Waals surface area contributed by atoms with Gasteiger partial charge < -0.3 is 5.32 Å². The van der Waals surface area contributed by atoms with Gasteiger partial charge in [-0.05, 0) is 42.8 Å². The molecule has 1 aromatic carbocycles. The highest BCUT2D eigenvalue weighted by Gasteiger charge is 2.24. The first-order valence-corrected chi connectivity index (χ1v) is 10.1. The van der Waals surface area contributed by atoms with E-state index in [1.54, 1.807) is 16.4 Å². The Bertz CT molecular complexity index is 521. The number of nitrogens with one attached hydrogen (secondary N) is 1. The molecule has 0 radical (unpaired) electrons. The maximum atomic E-state index is 12.6. The van der Waals surface area contributed by atoms with Crippen LogP contribution in [-0.4, -0.2) is 43.9 Å². The summed E-state index contributed by atoms with van der Waals surface area (Å²) < 4.78 is 26.8. The van der Waals surface area contributed by atoms with Gasteiger partial charge in [0.1, 0.15) is 0 Å². The molecule has 1 aliphatic rings. The molecule has 0 unspecified atom stereocenters. The highest BCUT2D eigenvalue weighted by Crippen LogP contribution is 2.20. The number of hydrogen-bond acceptors (Lipinski definition) is 4. The summed E-state index contributed by atoms with van der Waals surface area (Å²) in [6.07, 6.45) is 2.03. The Kier molecular flexibility index (Phi) is 6.54. The van der Waals surface area contributed by atoms with Gasteiger partial charge in [-0.25, -0.2) is 8.42 Å². The second-order valence-electron chi connectivity index (χ2n) is 5.19. The Labute approximate surface area is 132 Å². The molecular weight excluding hydrogens is 304 g/mol.